The minimum absolute atomic E-state index is 0.115. The van der Waals surface area contributed by atoms with Crippen LogP contribution in [-0.4, -0.2) is 31.0 Å². The number of ketones is 1. The summed E-state index contributed by atoms with van der Waals surface area (Å²) < 4.78 is 29.1. The lowest BCUT2D eigenvalue weighted by molar-refractivity contribution is -0.125. The molecule has 2 heterocycles. The Hall–Kier alpha value is -2.47. The summed E-state index contributed by atoms with van der Waals surface area (Å²) in [4.78, 5) is 16.9. The molecule has 1 aromatic carbocycles. The number of carbonyl (C=O) groups is 1. The smallest absolute Gasteiger partial charge is 0.210 e. The highest BCUT2D eigenvalue weighted by atomic mass is 32.2. The molecule has 0 saturated heterocycles. The van der Waals surface area contributed by atoms with Gasteiger partial charge in [0.05, 0.1) is 10.5 Å². The number of Topliss-reactive ketones (excluding diaryl/α,β-unsaturated/α-hetero) is 1. The molecule has 3 rings (SSSR count). The lowest BCUT2D eigenvalue weighted by atomic mass is 9.93. The van der Waals surface area contributed by atoms with Gasteiger partial charge in [-0.2, -0.15) is 0 Å². The average Bonchev–Trinajstić information content (AvgIpc) is 2.78. The van der Waals surface area contributed by atoms with Crippen LogP contribution < -0.4 is 0 Å². The third-order valence-electron chi connectivity index (χ3n) is 3.87. The zero-order valence-electron chi connectivity index (χ0n) is 13.6. The molecule has 1 aliphatic rings. The molecule has 0 bridgehead atoms. The van der Waals surface area contributed by atoms with Crippen molar-refractivity contribution in [1.29, 1.82) is 0 Å². The summed E-state index contributed by atoms with van der Waals surface area (Å²) in [5, 5.41) is 0. The van der Waals surface area contributed by atoms with Gasteiger partial charge in [0.15, 0.2) is 15.4 Å². The summed E-state index contributed by atoms with van der Waals surface area (Å²) in [7, 11) is -3.27. The first-order valence-electron chi connectivity index (χ1n) is 7.39. The largest absolute Gasteiger partial charge is 0.478 e. The van der Waals surface area contributed by atoms with Crippen LogP contribution in [0.5, 0.6) is 0 Å². The molecule has 0 fully saturated rings. The molecule has 0 radical (unpaired) electrons. The average molecular weight is 343 g/mol. The number of aromatic nitrogens is 1. The van der Waals surface area contributed by atoms with Crippen molar-refractivity contribution in [3.8, 4) is 0 Å². The zero-order chi connectivity index (χ0) is 17.5. The number of hydrogen-bond acceptors (Lipinski definition) is 5. The monoisotopic (exact) mass is 343 g/mol. The fraction of sp³-hybridized carbons (Fsp3) is 0.222. The van der Waals surface area contributed by atoms with Crippen LogP contribution in [0.3, 0.4) is 0 Å². The van der Waals surface area contributed by atoms with Crippen molar-refractivity contribution < 1.29 is 17.9 Å². The van der Waals surface area contributed by atoms with Crippen molar-refractivity contribution in [3.63, 3.8) is 0 Å². The molecule has 5 nitrogen and oxygen atoms in total. The second-order valence-electron chi connectivity index (χ2n) is 6.18. The SMILES string of the molecule is CC1(C)OC(c2ccc(S(C)(=O)=O)cc2)=C(c2ccncc2)C1=O. The van der Waals surface area contributed by atoms with Gasteiger partial charge in [0, 0.05) is 24.2 Å². The quantitative estimate of drug-likeness (QED) is 0.857. The van der Waals surface area contributed by atoms with Crippen molar-refractivity contribution in [3.05, 3.63) is 59.9 Å². The van der Waals surface area contributed by atoms with E-state index in [1.165, 1.54) is 12.1 Å². The van der Waals surface area contributed by atoms with Crippen LogP contribution in [0.15, 0.2) is 53.7 Å². The predicted octanol–water partition coefficient (Wildman–Crippen LogP) is 2.73. The summed E-state index contributed by atoms with van der Waals surface area (Å²) >= 11 is 0. The molecule has 2 aromatic rings. The maximum Gasteiger partial charge on any atom is 0.210 e. The van der Waals surface area contributed by atoms with Crippen molar-refractivity contribution in [2.24, 2.45) is 0 Å². The van der Waals surface area contributed by atoms with Gasteiger partial charge in [-0.3, -0.25) is 9.78 Å². The zero-order valence-corrected chi connectivity index (χ0v) is 14.4. The molecule has 24 heavy (non-hydrogen) atoms. The van der Waals surface area contributed by atoms with E-state index >= 15 is 0 Å². The van der Waals surface area contributed by atoms with Crippen LogP contribution >= 0.6 is 0 Å². The van der Waals surface area contributed by atoms with E-state index in [2.05, 4.69) is 4.98 Å². The molecule has 0 amide bonds. The van der Waals surface area contributed by atoms with E-state index in [1.54, 1.807) is 50.5 Å². The van der Waals surface area contributed by atoms with E-state index in [9.17, 15) is 13.2 Å². The number of nitrogens with zero attached hydrogens (tertiary/aromatic N) is 1. The molecule has 1 aliphatic heterocycles. The Morgan fingerprint density at radius 3 is 2.08 bits per heavy atom. The first kappa shape index (κ1) is 16.4. The third-order valence-corrected chi connectivity index (χ3v) is 5.00. The van der Waals surface area contributed by atoms with Crippen LogP contribution in [0.4, 0.5) is 0 Å². The predicted molar refractivity (Wildman–Crippen MR) is 90.8 cm³/mol. The minimum atomic E-state index is -3.27. The highest BCUT2D eigenvalue weighted by molar-refractivity contribution is 7.90. The number of ether oxygens (including phenoxy) is 1. The fourth-order valence-electron chi connectivity index (χ4n) is 2.59. The van der Waals surface area contributed by atoms with Crippen molar-refractivity contribution >= 4 is 27.0 Å². The highest BCUT2D eigenvalue weighted by Gasteiger charge is 2.42. The number of benzene rings is 1. The van der Waals surface area contributed by atoms with Gasteiger partial charge in [-0.15, -0.1) is 0 Å². The number of rotatable bonds is 3. The molecular weight excluding hydrogens is 326 g/mol. The Labute approximate surface area is 140 Å². The van der Waals surface area contributed by atoms with E-state index in [0.29, 0.717) is 16.9 Å². The summed E-state index contributed by atoms with van der Waals surface area (Å²) in [6.45, 7) is 3.43. The second kappa shape index (κ2) is 5.56. The van der Waals surface area contributed by atoms with Gasteiger partial charge >= 0.3 is 0 Å². The second-order valence-corrected chi connectivity index (χ2v) is 8.19. The van der Waals surface area contributed by atoms with E-state index in [4.69, 9.17) is 4.74 Å². The lowest BCUT2D eigenvalue weighted by Gasteiger charge is -2.17. The van der Waals surface area contributed by atoms with E-state index in [1.807, 2.05) is 0 Å². The number of pyridine rings is 1. The van der Waals surface area contributed by atoms with Crippen LogP contribution in [0, 0.1) is 0 Å². The minimum Gasteiger partial charge on any atom is -0.478 e. The van der Waals surface area contributed by atoms with Gasteiger partial charge in [-0.25, -0.2) is 8.42 Å². The van der Waals surface area contributed by atoms with Crippen molar-refractivity contribution in [2.45, 2.75) is 24.3 Å². The fourth-order valence-corrected chi connectivity index (χ4v) is 3.22. The Bertz CT molecular complexity index is 927. The van der Waals surface area contributed by atoms with Crippen molar-refractivity contribution in [2.75, 3.05) is 6.26 Å². The molecule has 0 atom stereocenters. The standard InChI is InChI=1S/C18H17NO4S/c1-18(2)17(20)15(12-8-10-19-11-9-12)16(23-18)13-4-6-14(7-5-13)24(3,21)22/h4-11H,1-3H3. The topological polar surface area (TPSA) is 73.3 Å². The summed E-state index contributed by atoms with van der Waals surface area (Å²) in [5.74, 6) is 0.340. The molecule has 0 unspecified atom stereocenters. The Morgan fingerprint density at radius 1 is 0.958 bits per heavy atom. The first-order valence-corrected chi connectivity index (χ1v) is 9.28. The summed E-state index contributed by atoms with van der Waals surface area (Å²) in [6.07, 6.45) is 4.39. The summed E-state index contributed by atoms with van der Waals surface area (Å²) in [5.41, 5.74) is 0.897. The Balaban J connectivity index is 2.15. The van der Waals surface area contributed by atoms with Crippen molar-refractivity contribution in [1.82, 2.24) is 4.98 Å². The van der Waals surface area contributed by atoms with Crippen LogP contribution in [0.2, 0.25) is 0 Å². The molecule has 124 valence electrons. The maximum atomic E-state index is 12.7. The van der Waals surface area contributed by atoms with Gasteiger partial charge in [0.1, 0.15) is 5.76 Å². The van der Waals surface area contributed by atoms with E-state index in [-0.39, 0.29) is 10.7 Å². The van der Waals surface area contributed by atoms with Gasteiger partial charge in [0.2, 0.25) is 5.78 Å². The molecule has 0 aliphatic carbocycles. The van der Waals surface area contributed by atoms with E-state index < -0.39 is 15.4 Å². The highest BCUT2D eigenvalue weighted by Crippen LogP contribution is 2.41. The Kier molecular flexibility index (Phi) is 3.80. The third kappa shape index (κ3) is 2.85. The van der Waals surface area contributed by atoms with Gasteiger partial charge in [-0.1, -0.05) is 0 Å². The van der Waals surface area contributed by atoms with Gasteiger partial charge < -0.3 is 4.74 Å². The van der Waals surface area contributed by atoms with Crippen LogP contribution in [0.1, 0.15) is 25.0 Å². The van der Waals surface area contributed by atoms with E-state index in [0.717, 1.165) is 11.8 Å². The van der Waals surface area contributed by atoms with Crippen LogP contribution in [-0.2, 0) is 19.4 Å². The molecule has 0 saturated carbocycles. The molecule has 1 aromatic heterocycles. The summed E-state index contributed by atoms with van der Waals surface area (Å²) in [6, 6.07) is 9.84. The number of carbonyl (C=O) groups excluding carboxylic acids is 1. The van der Waals surface area contributed by atoms with Gasteiger partial charge in [-0.05, 0) is 55.8 Å². The molecule has 0 N–H and O–H groups in total. The Morgan fingerprint density at radius 2 is 1.54 bits per heavy atom. The first-order chi connectivity index (χ1) is 11.2. The molecule has 0 spiro atoms. The number of hydrogen-bond donors (Lipinski definition) is 0. The molecular formula is C18H17NO4S. The number of sulfone groups is 1. The van der Waals surface area contributed by atoms with Gasteiger partial charge in [0.25, 0.3) is 0 Å². The lowest BCUT2D eigenvalue weighted by Crippen LogP contribution is -2.29. The maximum absolute atomic E-state index is 12.7. The van der Waals surface area contributed by atoms with Crippen LogP contribution in [0.25, 0.3) is 11.3 Å². The molecule has 6 heteroatoms. The normalized spacial score (nSPS) is 17.0.